The van der Waals surface area contributed by atoms with Crippen molar-refractivity contribution in [3.8, 4) is 0 Å². The average Bonchev–Trinajstić information content (AvgIpc) is 2.40. The van der Waals surface area contributed by atoms with Crippen LogP contribution in [0.25, 0.3) is 0 Å². The third-order valence-electron chi connectivity index (χ3n) is 3.81. The van der Waals surface area contributed by atoms with Crippen LogP contribution < -0.4 is 0 Å². The molecule has 17 heavy (non-hydrogen) atoms. The Morgan fingerprint density at radius 3 is 2.71 bits per heavy atom. The van der Waals surface area contributed by atoms with Gasteiger partial charge in [0.1, 0.15) is 0 Å². The van der Waals surface area contributed by atoms with Crippen LogP contribution in [0.4, 0.5) is 0 Å². The van der Waals surface area contributed by atoms with E-state index < -0.39 is 0 Å². The smallest absolute Gasteiger partial charge is 0.166 e. The number of carbonyl (C=O) groups is 1. The van der Waals surface area contributed by atoms with Crippen LogP contribution in [0.15, 0.2) is 54.1 Å². The summed E-state index contributed by atoms with van der Waals surface area (Å²) in [5.74, 6) is 0.818. The minimum Gasteiger partial charge on any atom is -0.294 e. The molecule has 0 bridgehead atoms. The van der Waals surface area contributed by atoms with Crippen LogP contribution >= 0.6 is 0 Å². The van der Waals surface area contributed by atoms with Gasteiger partial charge in [0, 0.05) is 11.8 Å². The van der Waals surface area contributed by atoms with E-state index in [2.05, 4.69) is 30.4 Å². The molecule has 2 aliphatic carbocycles. The molecule has 1 aromatic carbocycles. The highest BCUT2D eigenvalue weighted by molar-refractivity contribution is 6.02. The molecule has 0 aromatic heterocycles. The van der Waals surface area contributed by atoms with E-state index >= 15 is 0 Å². The monoisotopic (exact) mass is 224 g/mol. The zero-order chi connectivity index (χ0) is 11.7. The summed E-state index contributed by atoms with van der Waals surface area (Å²) in [6.07, 6.45) is 9.49. The molecule has 1 heteroatoms. The van der Waals surface area contributed by atoms with Crippen LogP contribution in [-0.4, -0.2) is 5.78 Å². The van der Waals surface area contributed by atoms with Gasteiger partial charge in [-0.25, -0.2) is 0 Å². The van der Waals surface area contributed by atoms with E-state index in [1.807, 2.05) is 18.2 Å². The van der Waals surface area contributed by atoms with Crippen molar-refractivity contribution in [1.29, 1.82) is 0 Å². The van der Waals surface area contributed by atoms with Gasteiger partial charge in [0.2, 0.25) is 0 Å². The Labute approximate surface area is 102 Å². The largest absolute Gasteiger partial charge is 0.294 e. The number of allylic oxidation sites excluding steroid dienone is 4. The predicted molar refractivity (Wildman–Crippen MR) is 68.8 cm³/mol. The SMILES string of the molecule is O=C1C2=CCC=CC2CCC1c1ccccc1. The third-order valence-corrected chi connectivity index (χ3v) is 3.81. The number of hydrogen-bond donors (Lipinski definition) is 0. The first-order valence-corrected chi connectivity index (χ1v) is 6.32. The van der Waals surface area contributed by atoms with Gasteiger partial charge < -0.3 is 0 Å². The molecule has 0 amide bonds. The lowest BCUT2D eigenvalue weighted by atomic mass is 9.73. The molecule has 2 aliphatic rings. The van der Waals surface area contributed by atoms with Crippen LogP contribution in [0.3, 0.4) is 0 Å². The van der Waals surface area contributed by atoms with Gasteiger partial charge in [-0.3, -0.25) is 4.79 Å². The number of benzene rings is 1. The van der Waals surface area contributed by atoms with E-state index in [0.717, 1.165) is 24.8 Å². The molecule has 1 saturated carbocycles. The molecule has 0 heterocycles. The molecule has 0 spiro atoms. The Morgan fingerprint density at radius 1 is 1.06 bits per heavy atom. The van der Waals surface area contributed by atoms with E-state index in [-0.39, 0.29) is 5.92 Å². The summed E-state index contributed by atoms with van der Waals surface area (Å²) < 4.78 is 0. The number of fused-ring (bicyclic) bond motifs is 1. The quantitative estimate of drug-likeness (QED) is 0.666. The fourth-order valence-electron chi connectivity index (χ4n) is 2.91. The van der Waals surface area contributed by atoms with Crippen LogP contribution in [0.5, 0.6) is 0 Å². The predicted octanol–water partition coefficient (Wildman–Crippen LogP) is 3.64. The highest BCUT2D eigenvalue weighted by atomic mass is 16.1. The van der Waals surface area contributed by atoms with Gasteiger partial charge in [-0.15, -0.1) is 0 Å². The molecule has 0 saturated heterocycles. The highest BCUT2D eigenvalue weighted by Gasteiger charge is 2.33. The van der Waals surface area contributed by atoms with Gasteiger partial charge in [0.15, 0.2) is 5.78 Å². The van der Waals surface area contributed by atoms with Crippen LogP contribution in [0, 0.1) is 5.92 Å². The molecule has 2 atom stereocenters. The number of hydrogen-bond acceptors (Lipinski definition) is 1. The zero-order valence-electron chi connectivity index (χ0n) is 9.80. The summed E-state index contributed by atoms with van der Waals surface area (Å²) in [5.41, 5.74) is 2.22. The maximum Gasteiger partial charge on any atom is 0.166 e. The first-order valence-electron chi connectivity index (χ1n) is 6.32. The van der Waals surface area contributed by atoms with Gasteiger partial charge in [-0.2, -0.15) is 0 Å². The second-order valence-corrected chi connectivity index (χ2v) is 4.83. The Morgan fingerprint density at radius 2 is 1.88 bits per heavy atom. The number of rotatable bonds is 1. The fourth-order valence-corrected chi connectivity index (χ4v) is 2.91. The minimum atomic E-state index is 0.0881. The third kappa shape index (κ3) is 1.86. The molecule has 0 radical (unpaired) electrons. The average molecular weight is 224 g/mol. The molecular weight excluding hydrogens is 208 g/mol. The fraction of sp³-hybridized carbons (Fsp3) is 0.312. The number of ketones is 1. The van der Waals surface area contributed by atoms with E-state index in [4.69, 9.17) is 0 Å². The van der Waals surface area contributed by atoms with E-state index in [0.29, 0.717) is 11.7 Å². The summed E-state index contributed by atoms with van der Waals surface area (Å²) in [7, 11) is 0. The molecule has 3 rings (SSSR count). The topological polar surface area (TPSA) is 17.1 Å². The Bertz CT molecular complexity index is 482. The summed E-state index contributed by atoms with van der Waals surface area (Å²) in [4.78, 5) is 12.5. The Balaban J connectivity index is 1.90. The van der Waals surface area contributed by atoms with Crippen molar-refractivity contribution in [2.75, 3.05) is 0 Å². The molecular formula is C16H16O. The van der Waals surface area contributed by atoms with Crippen molar-refractivity contribution < 1.29 is 4.79 Å². The van der Waals surface area contributed by atoms with Crippen molar-refractivity contribution >= 4 is 5.78 Å². The second-order valence-electron chi connectivity index (χ2n) is 4.83. The number of Topliss-reactive ketones (excluding diaryl/α,β-unsaturated/α-hetero) is 1. The standard InChI is InChI=1S/C16H16O/c17-16-14-9-5-4-8-13(14)10-11-15(16)12-6-2-1-3-7-12/h1-4,6-9,13,15H,5,10-11H2. The molecule has 0 N–H and O–H groups in total. The van der Waals surface area contributed by atoms with E-state index in [1.54, 1.807) is 0 Å². The summed E-state index contributed by atoms with van der Waals surface area (Å²) in [5, 5.41) is 0. The summed E-state index contributed by atoms with van der Waals surface area (Å²) >= 11 is 0. The van der Waals surface area contributed by atoms with Gasteiger partial charge in [-0.05, 0) is 30.4 Å². The first-order chi connectivity index (χ1) is 8.36. The van der Waals surface area contributed by atoms with Gasteiger partial charge >= 0.3 is 0 Å². The Kier molecular flexibility index (Phi) is 2.68. The van der Waals surface area contributed by atoms with E-state index in [1.165, 1.54) is 5.56 Å². The van der Waals surface area contributed by atoms with Gasteiger partial charge in [0.25, 0.3) is 0 Å². The summed E-state index contributed by atoms with van der Waals surface area (Å²) in [6.45, 7) is 0. The minimum absolute atomic E-state index is 0.0881. The van der Waals surface area contributed by atoms with Crippen LogP contribution in [-0.2, 0) is 4.79 Å². The molecule has 0 aliphatic heterocycles. The summed E-state index contributed by atoms with van der Waals surface area (Å²) in [6, 6.07) is 10.2. The lowest BCUT2D eigenvalue weighted by Crippen LogP contribution is -2.26. The molecule has 86 valence electrons. The van der Waals surface area contributed by atoms with Crippen molar-refractivity contribution in [2.45, 2.75) is 25.2 Å². The van der Waals surface area contributed by atoms with Gasteiger partial charge in [0.05, 0.1) is 0 Å². The molecule has 1 aromatic rings. The second kappa shape index (κ2) is 4.33. The molecule has 1 fully saturated rings. The highest BCUT2D eigenvalue weighted by Crippen LogP contribution is 2.38. The molecule has 1 nitrogen and oxygen atoms in total. The molecule has 2 unspecified atom stereocenters. The first kappa shape index (κ1) is 10.5. The maximum absolute atomic E-state index is 12.5. The van der Waals surface area contributed by atoms with E-state index in [9.17, 15) is 4.79 Å². The zero-order valence-corrected chi connectivity index (χ0v) is 9.80. The van der Waals surface area contributed by atoms with Crippen LogP contribution in [0.2, 0.25) is 0 Å². The van der Waals surface area contributed by atoms with Crippen molar-refractivity contribution in [3.63, 3.8) is 0 Å². The lowest BCUT2D eigenvalue weighted by Gasteiger charge is -2.30. The maximum atomic E-state index is 12.5. The van der Waals surface area contributed by atoms with Crippen molar-refractivity contribution in [2.24, 2.45) is 5.92 Å². The number of carbonyl (C=O) groups excluding carboxylic acids is 1. The normalized spacial score (nSPS) is 27.5. The van der Waals surface area contributed by atoms with Crippen molar-refractivity contribution in [3.05, 3.63) is 59.7 Å². The Hall–Kier alpha value is -1.63. The van der Waals surface area contributed by atoms with Crippen LogP contribution in [0.1, 0.15) is 30.7 Å². The lowest BCUT2D eigenvalue weighted by molar-refractivity contribution is -0.118. The van der Waals surface area contributed by atoms with Gasteiger partial charge in [-0.1, -0.05) is 48.6 Å². The van der Waals surface area contributed by atoms with Crippen molar-refractivity contribution in [1.82, 2.24) is 0 Å².